The average molecular weight is 344 g/mol. The number of carbonyl (C=O) groups excluding carboxylic acids is 1. The maximum atomic E-state index is 12.9. The Labute approximate surface area is 144 Å². The summed E-state index contributed by atoms with van der Waals surface area (Å²) in [6.07, 6.45) is 1.24. The second-order valence-electron chi connectivity index (χ2n) is 7.31. The van der Waals surface area contributed by atoms with Crippen LogP contribution in [0.3, 0.4) is 0 Å². The molecule has 1 aliphatic heterocycles. The zero-order valence-corrected chi connectivity index (χ0v) is 14.3. The molecule has 124 valence electrons. The second-order valence-corrected chi connectivity index (χ2v) is 7.75. The molecule has 1 atom stereocenters. The number of rotatable bonds is 1. The molecule has 0 fully saturated rings. The number of aromatic amines is 2. The van der Waals surface area contributed by atoms with Gasteiger partial charge in [0.05, 0.1) is 5.56 Å². The molecular formula is C18H18ClN3O2. The first-order valence-electron chi connectivity index (χ1n) is 7.95. The molecule has 3 N–H and O–H groups in total. The van der Waals surface area contributed by atoms with Crippen molar-refractivity contribution >= 4 is 23.2 Å². The molecule has 0 saturated carbocycles. The van der Waals surface area contributed by atoms with Gasteiger partial charge in [-0.25, -0.2) is 0 Å². The highest BCUT2D eigenvalue weighted by Gasteiger charge is 2.42. The molecule has 2 heterocycles. The van der Waals surface area contributed by atoms with Crippen molar-refractivity contribution in [1.82, 2.24) is 10.2 Å². The van der Waals surface area contributed by atoms with E-state index in [0.717, 1.165) is 17.7 Å². The fourth-order valence-corrected chi connectivity index (χ4v) is 4.04. The van der Waals surface area contributed by atoms with Crippen LogP contribution >= 0.6 is 11.6 Å². The summed E-state index contributed by atoms with van der Waals surface area (Å²) >= 11 is 6.15. The van der Waals surface area contributed by atoms with Crippen molar-refractivity contribution < 1.29 is 4.79 Å². The molecule has 6 heteroatoms. The van der Waals surface area contributed by atoms with E-state index in [0.29, 0.717) is 28.4 Å². The van der Waals surface area contributed by atoms with Gasteiger partial charge in [0.25, 0.3) is 5.56 Å². The maximum Gasteiger partial charge on any atom is 0.270 e. The van der Waals surface area contributed by atoms with Crippen molar-refractivity contribution in [3.8, 4) is 0 Å². The Morgan fingerprint density at radius 1 is 1.17 bits per heavy atom. The third-order valence-electron chi connectivity index (χ3n) is 4.77. The minimum absolute atomic E-state index is 0.0879. The van der Waals surface area contributed by atoms with Gasteiger partial charge < -0.3 is 5.32 Å². The van der Waals surface area contributed by atoms with Crippen LogP contribution in [0.15, 0.2) is 40.3 Å². The van der Waals surface area contributed by atoms with E-state index in [1.54, 1.807) is 6.07 Å². The highest BCUT2D eigenvalue weighted by molar-refractivity contribution is 6.30. The first kappa shape index (κ1) is 15.3. The number of aromatic nitrogens is 2. The van der Waals surface area contributed by atoms with Gasteiger partial charge >= 0.3 is 0 Å². The number of Topliss-reactive ketones (excluding diaryl/α,β-unsaturated/α-hetero) is 1. The molecule has 0 saturated heterocycles. The van der Waals surface area contributed by atoms with Crippen molar-refractivity contribution in [3.63, 3.8) is 0 Å². The van der Waals surface area contributed by atoms with Crippen molar-refractivity contribution in [1.29, 1.82) is 0 Å². The molecule has 1 unspecified atom stereocenters. The molecule has 2 aromatic rings. The van der Waals surface area contributed by atoms with Crippen LogP contribution in [0.25, 0.3) is 0 Å². The maximum absolute atomic E-state index is 12.9. The average Bonchev–Trinajstić information content (AvgIpc) is 2.85. The minimum atomic E-state index is -0.395. The van der Waals surface area contributed by atoms with Gasteiger partial charge in [-0.3, -0.25) is 19.8 Å². The predicted molar refractivity (Wildman–Crippen MR) is 93.4 cm³/mol. The van der Waals surface area contributed by atoms with Crippen LogP contribution in [0.5, 0.6) is 0 Å². The van der Waals surface area contributed by atoms with Crippen LogP contribution in [0, 0.1) is 5.41 Å². The Morgan fingerprint density at radius 3 is 2.71 bits per heavy atom. The summed E-state index contributed by atoms with van der Waals surface area (Å²) in [7, 11) is 0. The van der Waals surface area contributed by atoms with Gasteiger partial charge in [-0.2, -0.15) is 0 Å². The van der Waals surface area contributed by atoms with E-state index in [4.69, 9.17) is 11.6 Å². The quantitative estimate of drug-likeness (QED) is 0.741. The Morgan fingerprint density at radius 2 is 1.96 bits per heavy atom. The smallest absolute Gasteiger partial charge is 0.270 e. The number of hydrogen-bond donors (Lipinski definition) is 3. The lowest BCUT2D eigenvalue weighted by Gasteiger charge is -2.37. The van der Waals surface area contributed by atoms with Crippen molar-refractivity contribution in [2.45, 2.75) is 32.6 Å². The van der Waals surface area contributed by atoms with Gasteiger partial charge in [-0.15, -0.1) is 0 Å². The summed E-state index contributed by atoms with van der Waals surface area (Å²) in [5, 5.41) is 9.36. The summed E-state index contributed by atoms with van der Waals surface area (Å²) in [4.78, 5) is 25.2. The number of fused-ring (bicyclic) bond motifs is 1. The Hall–Kier alpha value is -2.27. The van der Waals surface area contributed by atoms with Gasteiger partial charge in [-0.05, 0) is 29.5 Å². The molecule has 1 aromatic carbocycles. The molecule has 2 aliphatic rings. The van der Waals surface area contributed by atoms with Crippen LogP contribution in [-0.4, -0.2) is 16.0 Å². The number of H-pyrrole nitrogens is 2. The molecule has 0 amide bonds. The van der Waals surface area contributed by atoms with Gasteiger partial charge in [0.2, 0.25) is 0 Å². The van der Waals surface area contributed by atoms with Gasteiger partial charge in [-0.1, -0.05) is 37.6 Å². The standard InChI is InChI=1S/C18H18ClN3O2/c1-18(2)7-11-14(12(23)8-18)13(9-4-3-5-10(19)6-9)15-16(20-11)21-22-17(15)24/h3-6,13H,7-8H2,1-2H3,(H3,20,21,22,24). The van der Waals surface area contributed by atoms with E-state index in [9.17, 15) is 9.59 Å². The highest BCUT2D eigenvalue weighted by Crippen LogP contribution is 2.47. The summed E-state index contributed by atoms with van der Waals surface area (Å²) in [5.41, 5.74) is 2.67. The van der Waals surface area contributed by atoms with Gasteiger partial charge in [0.15, 0.2) is 5.78 Å². The topological polar surface area (TPSA) is 77.8 Å². The summed E-state index contributed by atoms with van der Waals surface area (Å²) in [6, 6.07) is 7.37. The van der Waals surface area contributed by atoms with Crippen molar-refractivity contribution in [3.05, 3.63) is 62.0 Å². The van der Waals surface area contributed by atoms with Crippen LogP contribution < -0.4 is 10.9 Å². The highest BCUT2D eigenvalue weighted by atomic mass is 35.5. The molecular weight excluding hydrogens is 326 g/mol. The minimum Gasteiger partial charge on any atom is -0.343 e. The number of allylic oxidation sites excluding steroid dienone is 2. The molecule has 24 heavy (non-hydrogen) atoms. The van der Waals surface area contributed by atoms with E-state index in [2.05, 4.69) is 29.4 Å². The Balaban J connectivity index is 1.96. The lowest BCUT2D eigenvalue weighted by Crippen LogP contribution is -2.34. The largest absolute Gasteiger partial charge is 0.343 e. The number of hydrogen-bond acceptors (Lipinski definition) is 3. The van der Waals surface area contributed by atoms with Crippen molar-refractivity contribution in [2.24, 2.45) is 5.41 Å². The number of benzene rings is 1. The zero-order valence-electron chi connectivity index (χ0n) is 13.5. The lowest BCUT2D eigenvalue weighted by molar-refractivity contribution is -0.118. The molecule has 1 aliphatic carbocycles. The molecule has 0 spiro atoms. The number of carbonyl (C=O) groups is 1. The molecule has 0 bridgehead atoms. The third-order valence-corrected chi connectivity index (χ3v) is 5.01. The van der Waals surface area contributed by atoms with E-state index in [-0.39, 0.29) is 16.8 Å². The fraction of sp³-hybridized carbons (Fsp3) is 0.333. The molecule has 4 rings (SSSR count). The van der Waals surface area contributed by atoms with E-state index in [1.807, 2.05) is 18.2 Å². The summed E-state index contributed by atoms with van der Waals surface area (Å²) in [6.45, 7) is 4.17. The SMILES string of the molecule is CC1(C)CC(=O)C2=C(C1)Nc1[nH][nH]c(=O)c1C2c1cccc(Cl)c1. The first-order valence-corrected chi connectivity index (χ1v) is 8.33. The zero-order chi connectivity index (χ0) is 17.1. The normalized spacial score (nSPS) is 22.0. The molecule has 1 aromatic heterocycles. The first-order chi connectivity index (χ1) is 11.4. The van der Waals surface area contributed by atoms with Crippen LogP contribution in [0.2, 0.25) is 5.02 Å². The Kier molecular flexibility index (Phi) is 3.25. The number of anilines is 1. The van der Waals surface area contributed by atoms with E-state index in [1.165, 1.54) is 0 Å². The Bertz CT molecular complexity index is 936. The predicted octanol–water partition coefficient (Wildman–Crippen LogP) is 3.56. The molecule has 0 radical (unpaired) electrons. The molecule has 5 nitrogen and oxygen atoms in total. The second kappa shape index (κ2) is 5.11. The van der Waals surface area contributed by atoms with Gasteiger partial charge in [0.1, 0.15) is 5.82 Å². The van der Waals surface area contributed by atoms with E-state index < -0.39 is 5.92 Å². The van der Waals surface area contributed by atoms with Gasteiger partial charge in [0, 0.05) is 28.6 Å². The van der Waals surface area contributed by atoms with Crippen LogP contribution in [0.4, 0.5) is 5.82 Å². The third kappa shape index (κ3) is 2.31. The summed E-state index contributed by atoms with van der Waals surface area (Å²) < 4.78 is 0. The fourth-order valence-electron chi connectivity index (χ4n) is 3.84. The van der Waals surface area contributed by atoms with Crippen LogP contribution in [0.1, 0.15) is 43.7 Å². The number of nitrogens with one attached hydrogen (secondary N) is 3. The van der Waals surface area contributed by atoms with Crippen molar-refractivity contribution in [2.75, 3.05) is 5.32 Å². The number of ketones is 1. The number of halogens is 1. The monoisotopic (exact) mass is 343 g/mol. The lowest BCUT2D eigenvalue weighted by atomic mass is 9.69. The van der Waals surface area contributed by atoms with E-state index >= 15 is 0 Å². The summed E-state index contributed by atoms with van der Waals surface area (Å²) in [5.74, 6) is 0.327. The van der Waals surface area contributed by atoms with Crippen LogP contribution in [-0.2, 0) is 4.79 Å².